The third-order valence-electron chi connectivity index (χ3n) is 4.75. The van der Waals surface area contributed by atoms with Crippen LogP contribution in [-0.4, -0.2) is 56.0 Å². The summed E-state index contributed by atoms with van der Waals surface area (Å²) in [5.74, 6) is 0.861. The molecule has 6 nitrogen and oxygen atoms in total. The van der Waals surface area contributed by atoms with Gasteiger partial charge in [0.15, 0.2) is 5.96 Å². The molecule has 0 saturated carbocycles. The molecule has 7 heteroatoms. The first-order valence-electron chi connectivity index (χ1n) is 10.3. The van der Waals surface area contributed by atoms with Gasteiger partial charge in [0.25, 0.3) is 0 Å². The number of aliphatic imine (C=N–C) groups is 1. The van der Waals surface area contributed by atoms with Crippen LogP contribution in [0.5, 0.6) is 0 Å². The fraction of sp³-hybridized carbons (Fsp3) is 0.619. The van der Waals surface area contributed by atoms with E-state index in [2.05, 4.69) is 65.0 Å². The van der Waals surface area contributed by atoms with Crippen molar-refractivity contribution in [1.82, 2.24) is 20.9 Å². The molecule has 1 aromatic rings. The Bertz CT molecular complexity index is 575. The van der Waals surface area contributed by atoms with Gasteiger partial charge in [-0.2, -0.15) is 0 Å². The van der Waals surface area contributed by atoms with Crippen molar-refractivity contribution < 1.29 is 4.79 Å². The smallest absolute Gasteiger partial charge is 0.221 e. The summed E-state index contributed by atoms with van der Waals surface area (Å²) < 4.78 is 0. The summed E-state index contributed by atoms with van der Waals surface area (Å²) in [6.45, 7) is 9.21. The predicted octanol–water partition coefficient (Wildman–Crippen LogP) is 2.91. The molecule has 1 unspecified atom stereocenters. The average molecular weight is 501 g/mol. The Hall–Kier alpha value is -1.35. The maximum Gasteiger partial charge on any atom is 0.221 e. The van der Waals surface area contributed by atoms with Crippen molar-refractivity contribution in [3.05, 3.63) is 35.9 Å². The molecular formula is C21H36IN5O. The SMILES string of the molecule is CCCNC(=O)CCNC(=NCC(c1ccccc1)N1CCCC1)NCC.I. The van der Waals surface area contributed by atoms with Crippen molar-refractivity contribution >= 4 is 35.8 Å². The molecule has 158 valence electrons. The van der Waals surface area contributed by atoms with E-state index in [1.54, 1.807) is 0 Å². The molecule has 0 aromatic heterocycles. The number of hydrogen-bond donors (Lipinski definition) is 3. The van der Waals surface area contributed by atoms with Gasteiger partial charge in [-0.25, -0.2) is 0 Å². The summed E-state index contributed by atoms with van der Waals surface area (Å²) in [6, 6.07) is 10.9. The second-order valence-corrected chi connectivity index (χ2v) is 6.92. The Kier molecular flexibility index (Phi) is 12.9. The Labute approximate surface area is 187 Å². The maximum absolute atomic E-state index is 11.7. The van der Waals surface area contributed by atoms with Crippen LogP contribution in [0.4, 0.5) is 0 Å². The van der Waals surface area contributed by atoms with Crippen molar-refractivity contribution in [2.24, 2.45) is 4.99 Å². The van der Waals surface area contributed by atoms with Crippen molar-refractivity contribution in [1.29, 1.82) is 0 Å². The van der Waals surface area contributed by atoms with Gasteiger partial charge in [0.05, 0.1) is 12.6 Å². The van der Waals surface area contributed by atoms with Gasteiger partial charge in [0.2, 0.25) is 5.91 Å². The lowest BCUT2D eigenvalue weighted by Crippen LogP contribution is -2.40. The molecule has 3 N–H and O–H groups in total. The van der Waals surface area contributed by atoms with Gasteiger partial charge < -0.3 is 16.0 Å². The number of nitrogens with one attached hydrogen (secondary N) is 3. The van der Waals surface area contributed by atoms with Gasteiger partial charge in [-0.3, -0.25) is 14.7 Å². The zero-order valence-corrected chi connectivity index (χ0v) is 19.6. The van der Waals surface area contributed by atoms with Crippen LogP contribution in [0.2, 0.25) is 0 Å². The number of hydrogen-bond acceptors (Lipinski definition) is 3. The Morgan fingerprint density at radius 3 is 2.43 bits per heavy atom. The molecule has 0 aliphatic carbocycles. The number of carbonyl (C=O) groups is 1. The molecule has 1 amide bonds. The van der Waals surface area contributed by atoms with Crippen LogP contribution in [0.1, 0.15) is 51.1 Å². The summed E-state index contributed by atoms with van der Waals surface area (Å²) in [4.78, 5) is 19.1. The second kappa shape index (κ2) is 14.6. The lowest BCUT2D eigenvalue weighted by molar-refractivity contribution is -0.120. The first-order valence-corrected chi connectivity index (χ1v) is 10.3. The molecule has 1 aromatic carbocycles. The van der Waals surface area contributed by atoms with Crippen molar-refractivity contribution in [3.8, 4) is 0 Å². The number of benzene rings is 1. The Morgan fingerprint density at radius 2 is 1.79 bits per heavy atom. The summed E-state index contributed by atoms with van der Waals surface area (Å²) in [5, 5.41) is 9.47. The van der Waals surface area contributed by atoms with E-state index in [9.17, 15) is 4.79 Å². The molecule has 0 radical (unpaired) electrons. The topological polar surface area (TPSA) is 68.8 Å². The van der Waals surface area contributed by atoms with Gasteiger partial charge in [0.1, 0.15) is 0 Å². The van der Waals surface area contributed by atoms with Gasteiger partial charge >= 0.3 is 0 Å². The largest absolute Gasteiger partial charge is 0.357 e. The van der Waals surface area contributed by atoms with Crippen LogP contribution in [0.25, 0.3) is 0 Å². The maximum atomic E-state index is 11.7. The van der Waals surface area contributed by atoms with E-state index in [4.69, 9.17) is 4.99 Å². The molecule has 1 atom stereocenters. The van der Waals surface area contributed by atoms with E-state index < -0.39 is 0 Å². The summed E-state index contributed by atoms with van der Waals surface area (Å²) in [5.41, 5.74) is 1.32. The van der Waals surface area contributed by atoms with Gasteiger partial charge in [-0.15, -0.1) is 24.0 Å². The van der Waals surface area contributed by atoms with Crippen LogP contribution < -0.4 is 16.0 Å². The van der Waals surface area contributed by atoms with Crippen molar-refractivity contribution in [3.63, 3.8) is 0 Å². The number of likely N-dealkylation sites (tertiary alicyclic amines) is 1. The highest BCUT2D eigenvalue weighted by Crippen LogP contribution is 2.25. The highest BCUT2D eigenvalue weighted by molar-refractivity contribution is 14.0. The minimum Gasteiger partial charge on any atom is -0.357 e. The van der Waals surface area contributed by atoms with Crippen LogP contribution >= 0.6 is 24.0 Å². The molecule has 1 fully saturated rings. The summed E-state index contributed by atoms with van der Waals surface area (Å²) in [7, 11) is 0. The normalized spacial score (nSPS) is 15.6. The van der Waals surface area contributed by atoms with E-state index in [0.717, 1.165) is 38.6 Å². The van der Waals surface area contributed by atoms with E-state index >= 15 is 0 Å². The number of amides is 1. The fourth-order valence-corrected chi connectivity index (χ4v) is 3.33. The van der Waals surface area contributed by atoms with E-state index in [0.29, 0.717) is 25.6 Å². The Balaban J connectivity index is 0.00000392. The van der Waals surface area contributed by atoms with E-state index in [-0.39, 0.29) is 29.9 Å². The highest BCUT2D eigenvalue weighted by atomic mass is 127. The third kappa shape index (κ3) is 8.77. The Morgan fingerprint density at radius 1 is 1.07 bits per heavy atom. The average Bonchev–Trinajstić information content (AvgIpc) is 3.22. The number of guanidine groups is 1. The molecule has 2 rings (SSSR count). The fourth-order valence-electron chi connectivity index (χ4n) is 3.33. The molecular weight excluding hydrogens is 465 g/mol. The quantitative estimate of drug-likeness (QED) is 0.262. The molecule has 1 heterocycles. The molecule has 1 aliphatic rings. The van der Waals surface area contributed by atoms with Crippen LogP contribution in [0, 0.1) is 0 Å². The number of carbonyl (C=O) groups excluding carboxylic acids is 1. The zero-order valence-electron chi connectivity index (χ0n) is 17.2. The lowest BCUT2D eigenvalue weighted by Gasteiger charge is -2.27. The first kappa shape index (κ1) is 24.7. The number of halogens is 1. The molecule has 1 saturated heterocycles. The van der Waals surface area contributed by atoms with Crippen LogP contribution in [0.15, 0.2) is 35.3 Å². The standard InChI is InChI=1S/C21H35N5O.HI/c1-3-13-23-20(27)12-14-24-21(22-4-2)25-17-19(26-15-8-9-16-26)18-10-6-5-7-11-18;/h5-7,10-11,19H,3-4,8-9,12-17H2,1-2H3,(H,23,27)(H2,22,24,25);1H. The summed E-state index contributed by atoms with van der Waals surface area (Å²) in [6.07, 6.45) is 3.94. The predicted molar refractivity (Wildman–Crippen MR) is 127 cm³/mol. The molecule has 0 spiro atoms. The van der Waals surface area contributed by atoms with E-state index in [1.807, 2.05) is 0 Å². The van der Waals surface area contributed by atoms with Gasteiger partial charge in [-0.1, -0.05) is 37.3 Å². The van der Waals surface area contributed by atoms with E-state index in [1.165, 1.54) is 18.4 Å². The molecule has 1 aliphatic heterocycles. The molecule has 28 heavy (non-hydrogen) atoms. The third-order valence-corrected chi connectivity index (χ3v) is 4.75. The summed E-state index contributed by atoms with van der Waals surface area (Å²) >= 11 is 0. The second-order valence-electron chi connectivity index (χ2n) is 6.92. The number of rotatable bonds is 10. The monoisotopic (exact) mass is 501 g/mol. The van der Waals surface area contributed by atoms with Crippen LogP contribution in [-0.2, 0) is 4.79 Å². The molecule has 0 bridgehead atoms. The van der Waals surface area contributed by atoms with Gasteiger partial charge in [-0.05, 0) is 44.8 Å². The minimum absolute atomic E-state index is 0. The van der Waals surface area contributed by atoms with Crippen LogP contribution in [0.3, 0.4) is 0 Å². The number of nitrogens with zero attached hydrogens (tertiary/aromatic N) is 2. The minimum atomic E-state index is 0. The lowest BCUT2D eigenvalue weighted by atomic mass is 10.1. The highest BCUT2D eigenvalue weighted by Gasteiger charge is 2.23. The first-order chi connectivity index (χ1) is 13.2. The van der Waals surface area contributed by atoms with Crippen molar-refractivity contribution in [2.75, 3.05) is 39.3 Å². The van der Waals surface area contributed by atoms with Gasteiger partial charge in [0, 0.05) is 26.1 Å². The van der Waals surface area contributed by atoms with Crippen molar-refractivity contribution in [2.45, 2.75) is 45.6 Å². The zero-order chi connectivity index (χ0) is 19.3.